The maximum Gasteiger partial charge on any atom is 0.624 e. The van der Waals surface area contributed by atoms with Crippen LogP contribution in [0.3, 0.4) is 0 Å². The molecule has 18 heavy (non-hydrogen) atoms. The van der Waals surface area contributed by atoms with Crippen LogP contribution in [-0.2, 0) is 11.8 Å². The second-order valence-corrected chi connectivity index (χ2v) is 9.26. The molecule has 2 aromatic carbocycles. The molecular formula is C12H13NO2PS2+2. The molecule has 0 saturated carbocycles. The highest BCUT2D eigenvalue weighted by Crippen LogP contribution is 2.56. The normalized spacial score (nSPS) is 13.6. The summed E-state index contributed by atoms with van der Waals surface area (Å²) in [5.74, 6) is 1.40. The van der Waals surface area contributed by atoms with Crippen LogP contribution in [0.5, 0.6) is 11.5 Å². The fourth-order valence-corrected chi connectivity index (χ4v) is 3.54. The predicted octanol–water partition coefficient (Wildman–Crippen LogP) is 3.26. The average Bonchev–Trinajstić information content (AvgIpc) is 2.41. The zero-order chi connectivity index (χ0) is 12.8. The molecule has 0 unspecified atom stereocenters. The van der Waals surface area contributed by atoms with E-state index >= 15 is 0 Å². The molecule has 6 heteroatoms. The number of rotatable bonds is 5. The molecule has 0 bridgehead atoms. The highest BCUT2D eigenvalue weighted by atomic mass is 32.9. The van der Waals surface area contributed by atoms with E-state index in [1.165, 1.54) is 11.6 Å². The molecule has 0 spiro atoms. The van der Waals surface area contributed by atoms with Crippen molar-refractivity contribution < 1.29 is 14.2 Å². The second kappa shape index (κ2) is 6.25. The van der Waals surface area contributed by atoms with Gasteiger partial charge in [0.15, 0.2) is 0 Å². The lowest BCUT2D eigenvalue weighted by Gasteiger charge is -2.06. The van der Waals surface area contributed by atoms with E-state index in [-0.39, 0.29) is 0 Å². The molecule has 0 heterocycles. The first-order chi connectivity index (χ1) is 8.72. The van der Waals surface area contributed by atoms with Crippen molar-refractivity contribution in [2.75, 3.05) is 0 Å². The fourth-order valence-electron chi connectivity index (χ4n) is 1.29. The Bertz CT molecular complexity index is 491. The van der Waals surface area contributed by atoms with Crippen molar-refractivity contribution in [3.8, 4) is 11.5 Å². The molecule has 0 saturated heterocycles. The maximum atomic E-state index is 5.76. The molecule has 0 amide bonds. The maximum absolute atomic E-state index is 5.76. The highest BCUT2D eigenvalue weighted by molar-refractivity contribution is 8.65. The van der Waals surface area contributed by atoms with Crippen LogP contribution < -0.4 is 14.2 Å². The van der Waals surface area contributed by atoms with Gasteiger partial charge < -0.3 is 4.52 Å². The minimum absolute atomic E-state index is 0.702. The molecular weight excluding hydrogens is 285 g/mol. The van der Waals surface area contributed by atoms with Crippen molar-refractivity contribution in [1.29, 1.82) is 0 Å². The number of para-hydroxylation sites is 2. The largest absolute Gasteiger partial charge is 0.624 e. The Balaban J connectivity index is 2.14. The van der Waals surface area contributed by atoms with Gasteiger partial charge in [-0.05, 0) is 12.1 Å². The second-order valence-electron chi connectivity index (χ2n) is 3.38. The Morgan fingerprint density at radius 2 is 1.56 bits per heavy atom. The predicted molar refractivity (Wildman–Crippen MR) is 78.9 cm³/mol. The van der Waals surface area contributed by atoms with Gasteiger partial charge in [-0.25, -0.2) is 0 Å². The van der Waals surface area contributed by atoms with Crippen molar-refractivity contribution in [2.24, 2.45) is 0 Å². The first-order valence-electron chi connectivity index (χ1n) is 5.25. The molecule has 3 nitrogen and oxygen atoms in total. The lowest BCUT2D eigenvalue weighted by molar-refractivity contribution is -0.133. The van der Waals surface area contributed by atoms with E-state index in [0.29, 0.717) is 11.5 Å². The third-order valence-electron chi connectivity index (χ3n) is 2.08. The third kappa shape index (κ3) is 3.75. The van der Waals surface area contributed by atoms with Crippen LogP contribution in [0.15, 0.2) is 60.7 Å². The molecule has 3 N–H and O–H groups in total. The lowest BCUT2D eigenvalue weighted by atomic mass is 10.3. The quantitative estimate of drug-likeness (QED) is 0.523. The Kier molecular flexibility index (Phi) is 4.66. The topological polar surface area (TPSA) is 48.2 Å². The molecule has 0 aliphatic carbocycles. The van der Waals surface area contributed by atoms with Gasteiger partial charge in [-0.2, -0.15) is 4.52 Å². The summed E-state index contributed by atoms with van der Waals surface area (Å²) < 4.78 is 11.5. The lowest BCUT2D eigenvalue weighted by Crippen LogP contribution is -2.36. The van der Waals surface area contributed by atoms with Crippen LogP contribution >= 0.6 is 17.3 Å². The summed E-state index contributed by atoms with van der Waals surface area (Å²) in [7, 11) is 0. The summed E-state index contributed by atoms with van der Waals surface area (Å²) in [4.78, 5) is 0. The van der Waals surface area contributed by atoms with E-state index in [0.717, 1.165) is 0 Å². The monoisotopic (exact) mass is 298 g/mol. The van der Waals surface area contributed by atoms with Crippen molar-refractivity contribution in [2.45, 2.75) is 0 Å². The van der Waals surface area contributed by atoms with Gasteiger partial charge >= 0.3 is 11.4 Å². The van der Waals surface area contributed by atoms with Crippen molar-refractivity contribution >= 4 is 29.1 Å². The number of hydrogen-bond acceptors (Lipinski definition) is 4. The van der Waals surface area contributed by atoms with Crippen molar-refractivity contribution in [3.05, 3.63) is 60.7 Å². The van der Waals surface area contributed by atoms with E-state index in [1.54, 1.807) is 0 Å². The first kappa shape index (κ1) is 13.4. The molecule has 2 rings (SSSR count). The zero-order valence-corrected chi connectivity index (χ0v) is 12.1. The van der Waals surface area contributed by atoms with Gasteiger partial charge in [0.2, 0.25) is 0 Å². The van der Waals surface area contributed by atoms with Crippen LogP contribution in [0.1, 0.15) is 0 Å². The van der Waals surface area contributed by atoms with E-state index in [9.17, 15) is 0 Å². The molecule has 0 aliphatic rings. The van der Waals surface area contributed by atoms with E-state index in [1.807, 2.05) is 60.7 Å². The first-order valence-corrected chi connectivity index (χ1v) is 9.48. The van der Waals surface area contributed by atoms with Crippen LogP contribution in [0.2, 0.25) is 0 Å². The summed E-state index contributed by atoms with van der Waals surface area (Å²) in [6, 6.07) is 18.8. The van der Waals surface area contributed by atoms with E-state index in [2.05, 4.69) is 5.14 Å². The molecule has 0 atom stereocenters. The third-order valence-corrected chi connectivity index (χ3v) is 6.06. The Morgan fingerprint density at radius 1 is 1.00 bits per heavy atom. The van der Waals surface area contributed by atoms with Gasteiger partial charge in [0.05, 0.1) is 11.8 Å². The number of hydrogen-bond donors (Lipinski definition) is 1. The fraction of sp³-hybridized carbons (Fsp3) is 0. The molecule has 93 valence electrons. The van der Waals surface area contributed by atoms with Crippen LogP contribution in [0.4, 0.5) is 0 Å². The SMILES string of the molecule is [NH3+]SP(=S)(Oc1ccccc1)[O+]c1ccccc1. The van der Waals surface area contributed by atoms with Crippen molar-refractivity contribution in [3.63, 3.8) is 0 Å². The van der Waals surface area contributed by atoms with Crippen LogP contribution in [0.25, 0.3) is 0 Å². The van der Waals surface area contributed by atoms with E-state index < -0.39 is 5.69 Å². The average molecular weight is 298 g/mol. The van der Waals surface area contributed by atoms with Gasteiger partial charge in [0.25, 0.3) is 11.6 Å². The summed E-state index contributed by atoms with van der Waals surface area (Å²) >= 11 is 6.63. The Hall–Kier alpha value is -1.00. The molecule has 0 aromatic heterocycles. The number of quaternary nitrogens is 1. The smallest absolute Gasteiger partial charge is 0.385 e. The molecule has 0 fully saturated rings. The van der Waals surface area contributed by atoms with Gasteiger partial charge in [0, 0.05) is 12.1 Å². The Morgan fingerprint density at radius 3 is 2.11 bits per heavy atom. The highest BCUT2D eigenvalue weighted by Gasteiger charge is 2.41. The molecule has 0 aliphatic heterocycles. The number of benzene rings is 2. The molecule has 1 radical (unpaired) electrons. The minimum Gasteiger partial charge on any atom is -0.385 e. The van der Waals surface area contributed by atoms with Crippen LogP contribution in [-0.4, -0.2) is 0 Å². The summed E-state index contributed by atoms with van der Waals surface area (Å²) in [5, 5.41) is 3.76. The zero-order valence-electron chi connectivity index (χ0n) is 9.56. The van der Waals surface area contributed by atoms with Crippen molar-refractivity contribution in [1.82, 2.24) is 0 Å². The summed E-state index contributed by atoms with van der Waals surface area (Å²) in [6.07, 6.45) is 0. The van der Waals surface area contributed by atoms with E-state index in [4.69, 9.17) is 20.9 Å². The summed E-state index contributed by atoms with van der Waals surface area (Å²) in [5.41, 5.74) is -2.51. The summed E-state index contributed by atoms with van der Waals surface area (Å²) in [6.45, 7) is 0. The minimum atomic E-state index is -2.51. The van der Waals surface area contributed by atoms with Gasteiger partial charge in [-0.1, -0.05) is 36.4 Å². The molecule has 2 aromatic rings. The van der Waals surface area contributed by atoms with Gasteiger partial charge in [0.1, 0.15) is 5.75 Å². The van der Waals surface area contributed by atoms with Gasteiger partial charge in [-0.3, -0.25) is 5.14 Å². The standard InChI is InChI=1S/C12H12NO2PS2/c13-18-16(17,14-11-7-3-1-4-8-11)15-12-9-5-2-6-10-12/h1-10H,13H2/q+1/p+1. The Labute approximate surface area is 115 Å². The van der Waals surface area contributed by atoms with Crippen LogP contribution in [0, 0.1) is 0 Å². The van der Waals surface area contributed by atoms with Gasteiger partial charge in [-0.15, -0.1) is 0 Å².